The number of rotatable bonds is 7. The van der Waals surface area contributed by atoms with Crippen LogP contribution in [0.2, 0.25) is 0 Å². The summed E-state index contributed by atoms with van der Waals surface area (Å²) in [4.78, 5) is 21.8. The van der Waals surface area contributed by atoms with Gasteiger partial charge in [0.2, 0.25) is 11.1 Å². The second-order valence-electron chi connectivity index (χ2n) is 3.15. The van der Waals surface area contributed by atoms with E-state index in [0.29, 0.717) is 11.7 Å². The lowest BCUT2D eigenvalue weighted by atomic mass is 10.5. The number of thioether (sulfide) groups is 1. The van der Waals surface area contributed by atoms with E-state index in [2.05, 4.69) is 20.8 Å². The number of carbonyl (C=O) groups excluding carboxylic acids is 1. The molecule has 0 fully saturated rings. The second kappa shape index (κ2) is 6.84. The van der Waals surface area contributed by atoms with Crippen LogP contribution in [0, 0.1) is 0 Å². The average molecular weight is 259 g/mol. The van der Waals surface area contributed by atoms with Crippen molar-refractivity contribution < 1.29 is 14.7 Å². The van der Waals surface area contributed by atoms with E-state index < -0.39 is 5.97 Å². The number of tetrazole rings is 1. The first kappa shape index (κ1) is 13.4. The van der Waals surface area contributed by atoms with Crippen LogP contribution in [0.1, 0.15) is 13.3 Å². The van der Waals surface area contributed by atoms with E-state index in [1.54, 1.807) is 0 Å². The number of nitrogens with one attached hydrogen (secondary N) is 1. The van der Waals surface area contributed by atoms with E-state index in [0.717, 1.165) is 22.9 Å². The van der Waals surface area contributed by atoms with Gasteiger partial charge in [0.05, 0.1) is 5.75 Å². The van der Waals surface area contributed by atoms with Crippen molar-refractivity contribution >= 4 is 23.6 Å². The molecule has 1 aromatic rings. The van der Waals surface area contributed by atoms with E-state index >= 15 is 0 Å². The molecule has 1 amide bonds. The molecule has 0 saturated heterocycles. The first-order valence-corrected chi connectivity index (χ1v) is 5.99. The molecule has 1 aromatic heterocycles. The largest absolute Gasteiger partial charge is 0.480 e. The third-order valence-corrected chi connectivity index (χ3v) is 2.65. The van der Waals surface area contributed by atoms with Crippen molar-refractivity contribution in [3.63, 3.8) is 0 Å². The van der Waals surface area contributed by atoms with Crippen molar-refractivity contribution in [1.82, 2.24) is 25.5 Å². The van der Waals surface area contributed by atoms with Gasteiger partial charge < -0.3 is 10.4 Å². The normalized spacial score (nSPS) is 10.2. The van der Waals surface area contributed by atoms with Crippen LogP contribution in [0.4, 0.5) is 0 Å². The highest BCUT2D eigenvalue weighted by Crippen LogP contribution is 2.12. The Bertz CT molecular complexity index is 394. The number of carboxylic acids is 1. The quantitative estimate of drug-likeness (QED) is 0.627. The Balaban J connectivity index is 2.43. The van der Waals surface area contributed by atoms with E-state index in [1.807, 2.05) is 6.92 Å². The number of hydrogen-bond acceptors (Lipinski definition) is 6. The second-order valence-corrected chi connectivity index (χ2v) is 4.09. The van der Waals surface area contributed by atoms with Gasteiger partial charge in [-0.05, 0) is 16.8 Å². The SMILES string of the molecule is CCCNC(=O)CSc1nnnn1CC(=O)O. The predicted octanol–water partition coefficient (Wildman–Crippen LogP) is -0.624. The van der Waals surface area contributed by atoms with Crippen LogP contribution in [-0.2, 0) is 16.1 Å². The smallest absolute Gasteiger partial charge is 0.325 e. The molecule has 0 bridgehead atoms. The first-order chi connectivity index (χ1) is 8.13. The molecule has 0 spiro atoms. The summed E-state index contributed by atoms with van der Waals surface area (Å²) in [6.45, 7) is 2.27. The lowest BCUT2D eigenvalue weighted by Gasteiger charge is -2.02. The van der Waals surface area contributed by atoms with Gasteiger partial charge in [0.15, 0.2) is 0 Å². The Morgan fingerprint density at radius 2 is 2.29 bits per heavy atom. The van der Waals surface area contributed by atoms with Crippen molar-refractivity contribution in [2.75, 3.05) is 12.3 Å². The van der Waals surface area contributed by atoms with Gasteiger partial charge in [0.1, 0.15) is 6.54 Å². The number of aliphatic carboxylic acids is 1. The summed E-state index contributed by atoms with van der Waals surface area (Å²) in [7, 11) is 0. The molecule has 9 heteroatoms. The van der Waals surface area contributed by atoms with Crippen LogP contribution in [0.5, 0.6) is 0 Å². The van der Waals surface area contributed by atoms with E-state index in [1.165, 1.54) is 0 Å². The van der Waals surface area contributed by atoms with Crippen molar-refractivity contribution in [2.45, 2.75) is 25.0 Å². The molecule has 1 rings (SSSR count). The average Bonchev–Trinajstić information content (AvgIpc) is 2.70. The maximum absolute atomic E-state index is 11.3. The fraction of sp³-hybridized carbons (Fsp3) is 0.625. The topological polar surface area (TPSA) is 110 Å². The Morgan fingerprint density at radius 1 is 1.53 bits per heavy atom. The Hall–Kier alpha value is -1.64. The highest BCUT2D eigenvalue weighted by atomic mass is 32.2. The van der Waals surface area contributed by atoms with Gasteiger partial charge in [-0.3, -0.25) is 9.59 Å². The summed E-state index contributed by atoms with van der Waals surface area (Å²) in [5, 5.41) is 22.1. The van der Waals surface area contributed by atoms with Crippen molar-refractivity contribution in [3.8, 4) is 0 Å². The van der Waals surface area contributed by atoms with E-state index in [-0.39, 0.29) is 18.2 Å². The van der Waals surface area contributed by atoms with Gasteiger partial charge in [0.25, 0.3) is 0 Å². The van der Waals surface area contributed by atoms with Crippen LogP contribution >= 0.6 is 11.8 Å². The number of carbonyl (C=O) groups is 2. The summed E-state index contributed by atoms with van der Waals surface area (Å²) in [6, 6.07) is 0. The minimum atomic E-state index is -1.03. The molecule has 8 nitrogen and oxygen atoms in total. The molecule has 0 radical (unpaired) electrons. The van der Waals surface area contributed by atoms with Crippen LogP contribution in [0.15, 0.2) is 5.16 Å². The zero-order valence-corrected chi connectivity index (χ0v) is 10.1. The number of carboxylic acid groups (broad SMARTS) is 1. The lowest BCUT2D eigenvalue weighted by molar-refractivity contribution is -0.138. The van der Waals surface area contributed by atoms with Crippen molar-refractivity contribution in [2.24, 2.45) is 0 Å². The van der Waals surface area contributed by atoms with Gasteiger partial charge in [0, 0.05) is 6.54 Å². The number of aromatic nitrogens is 4. The summed E-state index contributed by atoms with van der Waals surface area (Å²) in [5.74, 6) is -0.990. The zero-order chi connectivity index (χ0) is 12.7. The maximum Gasteiger partial charge on any atom is 0.325 e. The Labute approximate surface area is 102 Å². The summed E-state index contributed by atoms with van der Waals surface area (Å²) in [5.41, 5.74) is 0. The number of hydrogen-bond donors (Lipinski definition) is 2. The first-order valence-electron chi connectivity index (χ1n) is 5.01. The van der Waals surface area contributed by atoms with Crippen LogP contribution in [-0.4, -0.2) is 49.5 Å². The zero-order valence-electron chi connectivity index (χ0n) is 9.29. The number of nitrogens with zero attached hydrogens (tertiary/aromatic N) is 4. The Kier molecular flexibility index (Phi) is 5.40. The van der Waals surface area contributed by atoms with Crippen LogP contribution < -0.4 is 5.32 Å². The van der Waals surface area contributed by atoms with Gasteiger partial charge >= 0.3 is 5.97 Å². The fourth-order valence-electron chi connectivity index (χ4n) is 0.973. The van der Waals surface area contributed by atoms with Gasteiger partial charge in [-0.15, -0.1) is 5.10 Å². The standard InChI is InChI=1S/C8H13N5O3S/c1-2-3-9-6(14)5-17-8-10-11-12-13(8)4-7(15)16/h2-5H2,1H3,(H,9,14)(H,15,16). The monoisotopic (exact) mass is 259 g/mol. The van der Waals surface area contributed by atoms with Crippen LogP contribution in [0.25, 0.3) is 0 Å². The number of amides is 1. The molecule has 0 aliphatic carbocycles. The van der Waals surface area contributed by atoms with Crippen LogP contribution in [0.3, 0.4) is 0 Å². The molecule has 0 atom stereocenters. The Morgan fingerprint density at radius 3 is 2.94 bits per heavy atom. The third kappa shape index (κ3) is 4.81. The maximum atomic E-state index is 11.3. The molecule has 0 aliphatic rings. The molecule has 0 aliphatic heterocycles. The molecular weight excluding hydrogens is 246 g/mol. The molecule has 94 valence electrons. The van der Waals surface area contributed by atoms with Gasteiger partial charge in [-0.2, -0.15) is 0 Å². The highest BCUT2D eigenvalue weighted by Gasteiger charge is 2.11. The molecule has 1 heterocycles. The molecule has 2 N–H and O–H groups in total. The minimum Gasteiger partial charge on any atom is -0.480 e. The summed E-state index contributed by atoms with van der Waals surface area (Å²) >= 11 is 1.11. The fourth-order valence-corrected chi connectivity index (χ4v) is 1.68. The van der Waals surface area contributed by atoms with E-state index in [9.17, 15) is 9.59 Å². The molecule has 0 unspecified atom stereocenters. The molecule has 0 aromatic carbocycles. The molecule has 17 heavy (non-hydrogen) atoms. The third-order valence-electron chi connectivity index (χ3n) is 1.69. The molecule has 0 saturated carbocycles. The van der Waals surface area contributed by atoms with Gasteiger partial charge in [-0.1, -0.05) is 18.7 Å². The molecular formula is C8H13N5O3S. The van der Waals surface area contributed by atoms with Crippen molar-refractivity contribution in [1.29, 1.82) is 0 Å². The minimum absolute atomic E-state index is 0.123. The highest BCUT2D eigenvalue weighted by molar-refractivity contribution is 7.99. The summed E-state index contributed by atoms with van der Waals surface area (Å²) < 4.78 is 1.14. The van der Waals surface area contributed by atoms with Crippen molar-refractivity contribution in [3.05, 3.63) is 0 Å². The van der Waals surface area contributed by atoms with E-state index in [4.69, 9.17) is 5.11 Å². The summed E-state index contributed by atoms with van der Waals surface area (Å²) in [6.07, 6.45) is 0.868. The lowest BCUT2D eigenvalue weighted by Crippen LogP contribution is -2.26. The predicted molar refractivity (Wildman–Crippen MR) is 59.5 cm³/mol. The van der Waals surface area contributed by atoms with Gasteiger partial charge in [-0.25, -0.2) is 4.68 Å².